The molecule has 2 N–H and O–H groups in total. The van der Waals surface area contributed by atoms with E-state index in [9.17, 15) is 0 Å². The maximum Gasteiger partial charge on any atom is 0.199 e. The minimum Gasteiger partial charge on any atom is -0.382 e. The minimum atomic E-state index is 0.401. The Morgan fingerprint density at radius 2 is 2.17 bits per heavy atom. The van der Waals surface area contributed by atoms with Crippen molar-refractivity contribution in [3.05, 3.63) is 0 Å². The molecule has 0 radical (unpaired) electrons. The second kappa shape index (κ2) is 2.83. The van der Waals surface area contributed by atoms with Crippen LogP contribution in [0.1, 0.15) is 0 Å². The van der Waals surface area contributed by atoms with Crippen molar-refractivity contribution in [3.63, 3.8) is 0 Å². The van der Waals surface area contributed by atoms with E-state index in [0.717, 1.165) is 11.7 Å². The first-order chi connectivity index (χ1) is 5.81. The monoisotopic (exact) mass is 199 g/mol. The Morgan fingerprint density at radius 1 is 1.33 bits per heavy atom. The van der Waals surface area contributed by atoms with Crippen LogP contribution in [0.3, 0.4) is 0 Å². The van der Waals surface area contributed by atoms with Gasteiger partial charge in [0.1, 0.15) is 0 Å². The van der Waals surface area contributed by atoms with Gasteiger partial charge in [-0.2, -0.15) is 13.7 Å². The number of aromatic nitrogens is 4. The van der Waals surface area contributed by atoms with Crippen LogP contribution in [0.4, 0.5) is 5.82 Å². The van der Waals surface area contributed by atoms with Crippen molar-refractivity contribution in [2.24, 2.45) is 0 Å². The Balaban J connectivity index is 2.75. The summed E-state index contributed by atoms with van der Waals surface area (Å²) in [5, 5.41) is 0.632. The molecule has 2 rings (SSSR count). The molecule has 12 heavy (non-hydrogen) atoms. The molecule has 7 heteroatoms. The number of nitrogens with two attached hydrogens (primary N) is 1. The van der Waals surface area contributed by atoms with Crippen molar-refractivity contribution >= 4 is 40.5 Å². The Labute approximate surface area is 76.7 Å². The molecule has 0 aliphatic rings. The van der Waals surface area contributed by atoms with Gasteiger partial charge in [-0.05, 0) is 6.26 Å². The molecule has 62 valence electrons. The molecule has 0 atom stereocenters. The van der Waals surface area contributed by atoms with E-state index in [4.69, 9.17) is 5.73 Å². The first kappa shape index (κ1) is 7.69. The molecular formula is C5H5N5S2. The maximum atomic E-state index is 5.62. The van der Waals surface area contributed by atoms with E-state index in [1.807, 2.05) is 6.26 Å². The van der Waals surface area contributed by atoms with Gasteiger partial charge in [0.25, 0.3) is 0 Å². The zero-order valence-corrected chi connectivity index (χ0v) is 7.82. The molecule has 0 saturated carbocycles. The number of hydrogen-bond acceptors (Lipinski definition) is 7. The maximum absolute atomic E-state index is 5.62. The molecule has 0 aliphatic carbocycles. The summed E-state index contributed by atoms with van der Waals surface area (Å²) in [5.74, 6) is 0.401. The summed E-state index contributed by atoms with van der Waals surface area (Å²) < 4.78 is 7.94. The molecular weight excluding hydrogens is 194 g/mol. The van der Waals surface area contributed by atoms with Crippen molar-refractivity contribution in [1.82, 2.24) is 18.7 Å². The Morgan fingerprint density at radius 3 is 2.92 bits per heavy atom. The van der Waals surface area contributed by atoms with Crippen molar-refractivity contribution in [2.45, 2.75) is 5.16 Å². The number of anilines is 1. The highest BCUT2D eigenvalue weighted by atomic mass is 32.2. The largest absolute Gasteiger partial charge is 0.382 e. The normalized spacial score (nSPS) is 10.8. The highest BCUT2D eigenvalue weighted by Gasteiger charge is 2.07. The molecule has 0 unspecified atom stereocenters. The molecule has 0 saturated heterocycles. The topological polar surface area (TPSA) is 77.6 Å². The number of thioether (sulfide) groups is 1. The number of hydrogen-bond donors (Lipinski definition) is 1. The lowest BCUT2D eigenvalue weighted by atomic mass is 10.5. The predicted octanol–water partition coefficient (Wildman–Crippen LogP) is 0.785. The fourth-order valence-corrected chi connectivity index (χ4v) is 1.65. The highest BCUT2D eigenvalue weighted by molar-refractivity contribution is 7.98. The van der Waals surface area contributed by atoms with E-state index < -0.39 is 0 Å². The van der Waals surface area contributed by atoms with Gasteiger partial charge < -0.3 is 5.73 Å². The van der Waals surface area contributed by atoms with E-state index in [0.29, 0.717) is 22.1 Å². The van der Waals surface area contributed by atoms with Crippen molar-refractivity contribution in [2.75, 3.05) is 12.0 Å². The lowest BCUT2D eigenvalue weighted by molar-refractivity contribution is 1.01. The third-order valence-electron chi connectivity index (χ3n) is 1.31. The number of fused-ring (bicyclic) bond motifs is 1. The number of nitrogen functional groups attached to an aromatic ring is 1. The summed E-state index contributed by atoms with van der Waals surface area (Å²) in [7, 11) is 0. The van der Waals surface area contributed by atoms with Crippen LogP contribution in [0.5, 0.6) is 0 Å². The summed E-state index contributed by atoms with van der Waals surface area (Å²) >= 11 is 2.53. The van der Waals surface area contributed by atoms with E-state index in [1.54, 1.807) is 0 Å². The standard InChI is InChI=1S/C5H5N5S2/c1-11-5-7-3(6)2-4(8-5)10-12-9-2/h1H3,(H2,6,7,8,10). The zero-order chi connectivity index (χ0) is 8.55. The van der Waals surface area contributed by atoms with Crippen LogP contribution in [0.25, 0.3) is 11.2 Å². The predicted molar refractivity (Wildman–Crippen MR) is 49.2 cm³/mol. The van der Waals surface area contributed by atoms with Gasteiger partial charge in [0.15, 0.2) is 22.1 Å². The lowest BCUT2D eigenvalue weighted by Gasteiger charge is -1.95. The molecule has 0 amide bonds. The quantitative estimate of drug-likeness (QED) is 0.540. The molecule has 5 nitrogen and oxygen atoms in total. The van der Waals surface area contributed by atoms with E-state index >= 15 is 0 Å². The fraction of sp³-hybridized carbons (Fsp3) is 0.200. The molecule has 0 aliphatic heterocycles. The summed E-state index contributed by atoms with van der Waals surface area (Å²) in [6, 6.07) is 0. The van der Waals surface area contributed by atoms with Crippen molar-refractivity contribution < 1.29 is 0 Å². The Hall–Kier alpha value is -0.950. The second-order valence-electron chi connectivity index (χ2n) is 2.03. The molecule has 0 bridgehead atoms. The van der Waals surface area contributed by atoms with Gasteiger partial charge in [0.2, 0.25) is 0 Å². The average molecular weight is 199 g/mol. The smallest absolute Gasteiger partial charge is 0.199 e. The van der Waals surface area contributed by atoms with Gasteiger partial charge in [0.05, 0.1) is 11.7 Å². The third-order valence-corrected chi connectivity index (χ3v) is 2.38. The van der Waals surface area contributed by atoms with Gasteiger partial charge in [-0.1, -0.05) is 11.8 Å². The fourth-order valence-electron chi connectivity index (χ4n) is 0.782. The van der Waals surface area contributed by atoms with Crippen LogP contribution in [0.15, 0.2) is 5.16 Å². The van der Waals surface area contributed by atoms with Crippen LogP contribution in [-0.4, -0.2) is 25.0 Å². The molecule has 2 aromatic heterocycles. The number of rotatable bonds is 1. The van der Waals surface area contributed by atoms with E-state index in [2.05, 4.69) is 18.7 Å². The highest BCUT2D eigenvalue weighted by Crippen LogP contribution is 2.18. The first-order valence-electron chi connectivity index (χ1n) is 3.11. The number of nitrogens with zero attached hydrogens (tertiary/aromatic N) is 4. The SMILES string of the molecule is CSc1nc(N)c2nsnc2n1. The molecule has 0 spiro atoms. The van der Waals surface area contributed by atoms with Gasteiger partial charge in [-0.25, -0.2) is 4.98 Å². The first-order valence-corrected chi connectivity index (χ1v) is 5.06. The summed E-state index contributed by atoms with van der Waals surface area (Å²) in [6.45, 7) is 0. The molecule has 0 fully saturated rings. The summed E-state index contributed by atoms with van der Waals surface area (Å²) in [6.07, 6.45) is 1.89. The minimum absolute atomic E-state index is 0.401. The second-order valence-corrected chi connectivity index (χ2v) is 3.33. The molecule has 2 heterocycles. The van der Waals surface area contributed by atoms with E-state index in [-0.39, 0.29) is 0 Å². The lowest BCUT2D eigenvalue weighted by Crippen LogP contribution is -1.95. The van der Waals surface area contributed by atoms with Gasteiger partial charge >= 0.3 is 0 Å². The Kier molecular flexibility index (Phi) is 1.81. The van der Waals surface area contributed by atoms with Gasteiger partial charge in [0, 0.05) is 0 Å². The molecule has 2 aromatic rings. The van der Waals surface area contributed by atoms with Crippen LogP contribution in [0, 0.1) is 0 Å². The average Bonchev–Trinajstić information content (AvgIpc) is 2.52. The van der Waals surface area contributed by atoms with Crippen LogP contribution in [-0.2, 0) is 0 Å². The van der Waals surface area contributed by atoms with Crippen LogP contribution >= 0.6 is 23.5 Å². The summed E-state index contributed by atoms with van der Waals surface area (Å²) in [4.78, 5) is 8.15. The van der Waals surface area contributed by atoms with Crippen LogP contribution in [0.2, 0.25) is 0 Å². The Bertz CT molecular complexity index is 411. The zero-order valence-electron chi connectivity index (χ0n) is 6.18. The summed E-state index contributed by atoms with van der Waals surface area (Å²) in [5.41, 5.74) is 6.79. The van der Waals surface area contributed by atoms with Crippen molar-refractivity contribution in [3.8, 4) is 0 Å². The van der Waals surface area contributed by atoms with E-state index in [1.165, 1.54) is 11.8 Å². The van der Waals surface area contributed by atoms with Crippen molar-refractivity contribution in [1.29, 1.82) is 0 Å². The third kappa shape index (κ3) is 1.10. The van der Waals surface area contributed by atoms with Gasteiger partial charge in [-0.15, -0.1) is 0 Å². The molecule has 0 aromatic carbocycles. The van der Waals surface area contributed by atoms with Crippen LogP contribution < -0.4 is 5.73 Å². The van der Waals surface area contributed by atoms with Gasteiger partial charge in [-0.3, -0.25) is 0 Å².